The number of hydrogen-bond acceptors (Lipinski definition) is 0. The molecule has 7 aromatic carbocycles. The molecular weight excluding hydrogens is 559 g/mol. The molecule has 0 saturated heterocycles. The highest BCUT2D eigenvalue weighted by Crippen LogP contribution is 2.39. The van der Waals surface area contributed by atoms with Gasteiger partial charge < -0.3 is 4.57 Å². The number of rotatable bonds is 4. The van der Waals surface area contributed by atoms with E-state index in [9.17, 15) is 0 Å². The third-order valence-electron chi connectivity index (χ3n) is 9.81. The average Bonchev–Trinajstić information content (AvgIpc) is 3.45. The quantitative estimate of drug-likeness (QED) is 0.186. The second-order valence-electron chi connectivity index (χ2n) is 12.1. The molecule has 0 saturated carbocycles. The van der Waals surface area contributed by atoms with Crippen LogP contribution in [0.25, 0.3) is 27.5 Å². The van der Waals surface area contributed by atoms with E-state index in [1.807, 2.05) is 0 Å². The van der Waals surface area contributed by atoms with Gasteiger partial charge in [-0.2, -0.15) is 0 Å². The Morgan fingerprint density at radius 3 is 1.51 bits per heavy atom. The van der Waals surface area contributed by atoms with E-state index in [-0.39, 0.29) is 5.92 Å². The van der Waals surface area contributed by atoms with Crippen LogP contribution < -0.4 is 20.7 Å². The molecule has 0 spiro atoms. The second-order valence-corrected chi connectivity index (χ2v) is 15.8. The van der Waals surface area contributed by atoms with E-state index in [2.05, 4.69) is 187 Å². The Hall–Kier alpha value is -5.44. The maximum absolute atomic E-state index is 2.59. The molecule has 0 bridgehead atoms. The van der Waals surface area contributed by atoms with E-state index >= 15 is 0 Å². The smallest absolute Gasteiger partial charge is 0.180 e. The lowest BCUT2D eigenvalue weighted by Crippen LogP contribution is -2.77. The first-order valence-corrected chi connectivity index (χ1v) is 17.7. The van der Waals surface area contributed by atoms with Crippen LogP contribution in [0.2, 0.25) is 0 Å². The first-order valence-electron chi connectivity index (χ1n) is 15.7. The van der Waals surface area contributed by atoms with Gasteiger partial charge in [0.1, 0.15) is 0 Å². The zero-order chi connectivity index (χ0) is 29.8. The van der Waals surface area contributed by atoms with Gasteiger partial charge in [0.25, 0.3) is 0 Å². The third kappa shape index (κ3) is 3.79. The molecule has 9 rings (SSSR count). The van der Waals surface area contributed by atoms with Gasteiger partial charge in [-0.1, -0.05) is 152 Å². The lowest BCUT2D eigenvalue weighted by Gasteiger charge is -2.43. The van der Waals surface area contributed by atoms with Gasteiger partial charge in [0.2, 0.25) is 0 Å². The summed E-state index contributed by atoms with van der Waals surface area (Å²) < 4.78 is 2.40. The Labute approximate surface area is 264 Å². The molecule has 0 radical (unpaired) electrons. The Morgan fingerprint density at radius 2 is 0.889 bits per heavy atom. The van der Waals surface area contributed by atoms with Gasteiger partial charge in [-0.15, -0.1) is 0 Å². The predicted molar refractivity (Wildman–Crippen MR) is 192 cm³/mol. The monoisotopic (exact) mass is 589 g/mol. The molecule has 8 aromatic rings. The largest absolute Gasteiger partial charge is 0.309 e. The summed E-state index contributed by atoms with van der Waals surface area (Å²) in [6, 6.07) is 67.9. The Morgan fingerprint density at radius 1 is 0.400 bits per heavy atom. The first-order chi connectivity index (χ1) is 22.4. The number of nitrogens with zero attached hydrogens (tertiary/aromatic N) is 1. The van der Waals surface area contributed by atoms with Crippen LogP contribution >= 0.6 is 0 Å². The molecule has 0 unspecified atom stereocenters. The molecule has 1 nitrogen and oxygen atoms in total. The van der Waals surface area contributed by atoms with Gasteiger partial charge in [0.05, 0.1) is 11.0 Å². The summed E-state index contributed by atoms with van der Waals surface area (Å²) in [4.78, 5) is 0. The summed E-state index contributed by atoms with van der Waals surface area (Å²) in [6.07, 6.45) is 0. The molecular formula is C43H31NSi. The van der Waals surface area contributed by atoms with Crippen LogP contribution in [-0.2, 0) is 0 Å². The highest BCUT2D eigenvalue weighted by Gasteiger charge is 2.48. The van der Waals surface area contributed by atoms with Crippen molar-refractivity contribution < 1.29 is 0 Å². The lowest BCUT2D eigenvalue weighted by atomic mass is 9.84. The Kier molecular flexibility index (Phi) is 5.97. The molecule has 0 N–H and O–H groups in total. The van der Waals surface area contributed by atoms with Crippen LogP contribution in [0.15, 0.2) is 182 Å². The molecule has 1 aromatic heterocycles. The van der Waals surface area contributed by atoms with Crippen molar-refractivity contribution >= 4 is 50.6 Å². The van der Waals surface area contributed by atoms with Gasteiger partial charge in [-0.05, 0) is 67.8 Å². The SMILES string of the molecule is c1ccc(-n2c3ccccc3c3cc(C4c5ccccc5[Si](c5ccccc5)(c5ccccc5)c5ccccc54)ccc32)cc1. The van der Waals surface area contributed by atoms with Crippen LogP contribution in [0.5, 0.6) is 0 Å². The summed E-state index contributed by atoms with van der Waals surface area (Å²) in [5.41, 5.74) is 7.83. The van der Waals surface area contributed by atoms with E-state index in [4.69, 9.17) is 0 Å². The van der Waals surface area contributed by atoms with E-state index in [0.29, 0.717) is 0 Å². The average molecular weight is 590 g/mol. The molecule has 0 aliphatic carbocycles. The van der Waals surface area contributed by atoms with E-state index in [0.717, 1.165) is 0 Å². The van der Waals surface area contributed by atoms with E-state index < -0.39 is 8.07 Å². The fraction of sp³-hybridized carbons (Fsp3) is 0.0233. The fourth-order valence-electron chi connectivity index (χ4n) is 8.04. The number of benzene rings is 7. The molecule has 1 aliphatic heterocycles. The summed E-state index contributed by atoms with van der Waals surface area (Å²) in [5, 5.41) is 8.40. The zero-order valence-electron chi connectivity index (χ0n) is 24.8. The minimum Gasteiger partial charge on any atom is -0.309 e. The molecule has 212 valence electrons. The lowest BCUT2D eigenvalue weighted by molar-refractivity contribution is 0.987. The maximum atomic E-state index is 2.47. The van der Waals surface area contributed by atoms with Crippen LogP contribution in [0, 0.1) is 0 Å². The van der Waals surface area contributed by atoms with Crippen molar-refractivity contribution in [3.63, 3.8) is 0 Å². The maximum Gasteiger partial charge on any atom is 0.180 e. The molecule has 0 amide bonds. The first kappa shape index (κ1) is 26.0. The van der Waals surface area contributed by atoms with Gasteiger partial charge in [-0.25, -0.2) is 0 Å². The normalized spacial score (nSPS) is 13.9. The topological polar surface area (TPSA) is 4.93 Å². The van der Waals surface area contributed by atoms with E-state index in [1.165, 1.54) is 64.9 Å². The highest BCUT2D eigenvalue weighted by molar-refractivity contribution is 7.20. The summed E-state index contributed by atoms with van der Waals surface area (Å²) in [5.74, 6) is 0.133. The molecule has 2 heterocycles. The molecule has 1 aliphatic rings. The van der Waals surface area contributed by atoms with Crippen molar-refractivity contribution in [1.29, 1.82) is 0 Å². The molecule has 0 atom stereocenters. The standard InChI is InChI=1S/C43H31NSi/c1-4-16-32(17-5-1)44-39-25-13-10-22-35(39)38-30-31(28-29-40(38)44)43-36-23-11-14-26-41(36)45(33-18-6-2-7-19-33,34-20-8-3-9-21-34)42-27-15-12-24-37(42)43/h1-30,43H. The van der Waals surface area contributed by atoms with Crippen LogP contribution in [0.3, 0.4) is 0 Å². The Bertz CT molecular complexity index is 2230. The number of hydrogen-bond donors (Lipinski definition) is 0. The minimum atomic E-state index is -2.59. The predicted octanol–water partition coefficient (Wildman–Crippen LogP) is 7.65. The van der Waals surface area contributed by atoms with Gasteiger partial charge in [-0.3, -0.25) is 0 Å². The van der Waals surface area contributed by atoms with Crippen LogP contribution in [-0.4, -0.2) is 12.6 Å². The number of para-hydroxylation sites is 2. The van der Waals surface area contributed by atoms with Crippen LogP contribution in [0.4, 0.5) is 0 Å². The number of aromatic nitrogens is 1. The van der Waals surface area contributed by atoms with Crippen molar-refractivity contribution in [2.75, 3.05) is 0 Å². The Balaban J connectivity index is 1.34. The summed E-state index contributed by atoms with van der Waals surface area (Å²) >= 11 is 0. The summed E-state index contributed by atoms with van der Waals surface area (Å²) in [7, 11) is -2.59. The second kappa shape index (κ2) is 10.3. The molecule has 2 heteroatoms. The van der Waals surface area contributed by atoms with Crippen molar-refractivity contribution in [2.24, 2.45) is 0 Å². The zero-order valence-corrected chi connectivity index (χ0v) is 25.8. The minimum absolute atomic E-state index is 0.133. The summed E-state index contributed by atoms with van der Waals surface area (Å²) in [6.45, 7) is 0. The molecule has 0 fully saturated rings. The number of fused-ring (bicyclic) bond motifs is 5. The van der Waals surface area contributed by atoms with Gasteiger partial charge >= 0.3 is 0 Å². The van der Waals surface area contributed by atoms with Crippen molar-refractivity contribution in [2.45, 2.75) is 5.92 Å². The third-order valence-corrected chi connectivity index (χ3v) is 14.7. The highest BCUT2D eigenvalue weighted by atomic mass is 28.3. The van der Waals surface area contributed by atoms with Gasteiger partial charge in [0.15, 0.2) is 8.07 Å². The molecule has 45 heavy (non-hydrogen) atoms. The van der Waals surface area contributed by atoms with E-state index in [1.54, 1.807) is 0 Å². The van der Waals surface area contributed by atoms with Crippen LogP contribution in [0.1, 0.15) is 22.6 Å². The van der Waals surface area contributed by atoms with Gasteiger partial charge in [0, 0.05) is 22.4 Å². The fourth-order valence-corrected chi connectivity index (χ4v) is 13.3. The van der Waals surface area contributed by atoms with Crippen molar-refractivity contribution in [3.05, 3.63) is 199 Å². The van der Waals surface area contributed by atoms with Crippen molar-refractivity contribution in [1.82, 2.24) is 4.57 Å². The van der Waals surface area contributed by atoms with Crippen molar-refractivity contribution in [3.8, 4) is 5.69 Å².